The third kappa shape index (κ3) is 6.88. The average Bonchev–Trinajstić information content (AvgIpc) is 2.66. The highest BCUT2D eigenvalue weighted by Crippen LogP contribution is 2.13. The molecule has 1 N–H and O–H groups in total. The van der Waals surface area contributed by atoms with Gasteiger partial charge in [-0.3, -0.25) is 14.5 Å². The zero-order chi connectivity index (χ0) is 20.6. The Morgan fingerprint density at radius 2 is 1.71 bits per heavy atom. The number of sulfonamides is 1. The molecule has 1 aromatic rings. The third-order valence-corrected chi connectivity index (χ3v) is 6.42. The van der Waals surface area contributed by atoms with Crippen LogP contribution in [0, 0.1) is 0 Å². The van der Waals surface area contributed by atoms with Crippen molar-refractivity contribution >= 4 is 21.8 Å². The molecule has 0 spiro atoms. The van der Waals surface area contributed by atoms with E-state index in [9.17, 15) is 18.0 Å². The van der Waals surface area contributed by atoms with Crippen LogP contribution in [0.15, 0.2) is 30.3 Å². The molecular weight excluding hydrogens is 380 g/mol. The highest BCUT2D eigenvalue weighted by atomic mass is 32.2. The number of nitrogens with zero attached hydrogens (tertiary/aromatic N) is 3. The maximum atomic E-state index is 12.6. The Balaban J connectivity index is 1.79. The van der Waals surface area contributed by atoms with Crippen molar-refractivity contribution in [3.05, 3.63) is 35.9 Å². The summed E-state index contributed by atoms with van der Waals surface area (Å²) in [6.07, 6.45) is 0.867. The SMILES string of the molecule is CCCNC(=O)CN(C)CC(=O)N1CCN(S(=O)(=O)Cc2ccccc2)CC1. The number of amides is 2. The van der Waals surface area contributed by atoms with Gasteiger partial charge in [-0.1, -0.05) is 37.3 Å². The summed E-state index contributed by atoms with van der Waals surface area (Å²) in [7, 11) is -1.68. The van der Waals surface area contributed by atoms with Gasteiger partial charge in [0.1, 0.15) is 0 Å². The first-order chi connectivity index (χ1) is 13.3. The first-order valence-corrected chi connectivity index (χ1v) is 11.2. The van der Waals surface area contributed by atoms with Gasteiger partial charge in [-0.15, -0.1) is 0 Å². The second-order valence-corrected chi connectivity index (χ2v) is 9.01. The van der Waals surface area contributed by atoms with E-state index >= 15 is 0 Å². The van der Waals surface area contributed by atoms with E-state index in [1.807, 2.05) is 25.1 Å². The summed E-state index contributed by atoms with van der Waals surface area (Å²) in [4.78, 5) is 27.5. The van der Waals surface area contributed by atoms with Crippen LogP contribution in [0.5, 0.6) is 0 Å². The first kappa shape index (κ1) is 22.3. The van der Waals surface area contributed by atoms with Gasteiger partial charge in [-0.05, 0) is 19.0 Å². The van der Waals surface area contributed by atoms with Crippen molar-refractivity contribution in [3.63, 3.8) is 0 Å². The molecule has 0 aromatic heterocycles. The van der Waals surface area contributed by atoms with Crippen molar-refractivity contribution in [2.45, 2.75) is 19.1 Å². The molecule has 9 heteroatoms. The van der Waals surface area contributed by atoms with Crippen LogP contribution in [0.1, 0.15) is 18.9 Å². The van der Waals surface area contributed by atoms with Crippen LogP contribution in [0.3, 0.4) is 0 Å². The molecule has 156 valence electrons. The van der Waals surface area contributed by atoms with Gasteiger partial charge in [-0.2, -0.15) is 4.31 Å². The predicted octanol–water partition coefficient (Wildman–Crippen LogP) is 0.119. The summed E-state index contributed by atoms with van der Waals surface area (Å²) < 4.78 is 26.6. The van der Waals surface area contributed by atoms with Crippen LogP contribution < -0.4 is 5.32 Å². The van der Waals surface area contributed by atoms with Crippen molar-refractivity contribution in [2.75, 3.05) is 52.9 Å². The number of rotatable bonds is 9. The summed E-state index contributed by atoms with van der Waals surface area (Å²) in [6, 6.07) is 9.08. The number of benzene rings is 1. The number of likely N-dealkylation sites (N-methyl/N-ethyl adjacent to an activating group) is 1. The topological polar surface area (TPSA) is 90.0 Å². The molecule has 1 saturated heterocycles. The molecule has 1 fully saturated rings. The lowest BCUT2D eigenvalue weighted by molar-refractivity contribution is -0.133. The van der Waals surface area contributed by atoms with Crippen LogP contribution in [-0.4, -0.2) is 87.2 Å². The largest absolute Gasteiger partial charge is 0.355 e. The Morgan fingerprint density at radius 3 is 2.32 bits per heavy atom. The summed E-state index contributed by atoms with van der Waals surface area (Å²) >= 11 is 0. The number of hydrogen-bond acceptors (Lipinski definition) is 5. The molecule has 8 nitrogen and oxygen atoms in total. The standard InChI is InChI=1S/C19H30N4O4S/c1-3-9-20-18(24)14-21(2)15-19(25)22-10-12-23(13-11-22)28(26,27)16-17-7-5-4-6-8-17/h4-8H,3,9-16H2,1-2H3,(H,20,24). The van der Waals surface area contributed by atoms with Crippen molar-refractivity contribution in [2.24, 2.45) is 0 Å². The van der Waals surface area contributed by atoms with Crippen molar-refractivity contribution in [3.8, 4) is 0 Å². The molecule has 0 bridgehead atoms. The number of carbonyl (C=O) groups excluding carboxylic acids is 2. The molecule has 1 aliphatic rings. The van der Waals surface area contributed by atoms with Crippen LogP contribution in [-0.2, 0) is 25.4 Å². The quantitative estimate of drug-likeness (QED) is 0.625. The molecule has 2 rings (SSSR count). The van der Waals surface area contributed by atoms with Gasteiger partial charge in [0.25, 0.3) is 0 Å². The Kier molecular flexibility index (Phi) is 8.40. The van der Waals surface area contributed by atoms with Gasteiger partial charge in [0, 0.05) is 32.7 Å². The molecule has 1 aromatic carbocycles. The second kappa shape index (κ2) is 10.5. The second-order valence-electron chi connectivity index (χ2n) is 7.04. The van der Waals surface area contributed by atoms with Crippen LogP contribution in [0.4, 0.5) is 0 Å². The molecule has 0 unspecified atom stereocenters. The number of piperazine rings is 1. The Hall–Kier alpha value is -1.97. The fraction of sp³-hybridized carbons (Fsp3) is 0.579. The van der Waals surface area contributed by atoms with Crippen molar-refractivity contribution in [1.82, 2.24) is 19.4 Å². The van der Waals surface area contributed by atoms with Crippen LogP contribution >= 0.6 is 0 Å². The molecule has 0 radical (unpaired) electrons. The minimum Gasteiger partial charge on any atom is -0.355 e. The fourth-order valence-electron chi connectivity index (χ4n) is 3.04. The Labute approximate surface area is 167 Å². The molecule has 0 aliphatic carbocycles. The molecule has 2 amide bonds. The highest BCUT2D eigenvalue weighted by molar-refractivity contribution is 7.88. The van der Waals surface area contributed by atoms with E-state index in [0.717, 1.165) is 12.0 Å². The maximum Gasteiger partial charge on any atom is 0.236 e. The average molecular weight is 411 g/mol. The number of nitrogens with one attached hydrogen (secondary N) is 1. The normalized spacial score (nSPS) is 15.6. The van der Waals surface area contributed by atoms with E-state index < -0.39 is 10.0 Å². The summed E-state index contributed by atoms with van der Waals surface area (Å²) in [6.45, 7) is 4.22. The lowest BCUT2D eigenvalue weighted by atomic mass is 10.2. The van der Waals surface area contributed by atoms with Crippen LogP contribution in [0.25, 0.3) is 0 Å². The van der Waals surface area contributed by atoms with Crippen molar-refractivity contribution < 1.29 is 18.0 Å². The van der Waals surface area contributed by atoms with E-state index in [1.54, 1.807) is 29.0 Å². The molecular formula is C19H30N4O4S. The minimum absolute atomic E-state index is 0.0304. The molecule has 1 aliphatic heterocycles. The van der Waals surface area contributed by atoms with E-state index in [4.69, 9.17) is 0 Å². The molecule has 1 heterocycles. The van der Waals surface area contributed by atoms with E-state index in [2.05, 4.69) is 5.32 Å². The Morgan fingerprint density at radius 1 is 1.07 bits per heavy atom. The lowest BCUT2D eigenvalue weighted by Crippen LogP contribution is -2.52. The highest BCUT2D eigenvalue weighted by Gasteiger charge is 2.29. The van der Waals surface area contributed by atoms with Crippen LogP contribution in [0.2, 0.25) is 0 Å². The lowest BCUT2D eigenvalue weighted by Gasteiger charge is -2.34. The summed E-state index contributed by atoms with van der Waals surface area (Å²) in [5.41, 5.74) is 0.754. The monoisotopic (exact) mass is 410 g/mol. The fourth-order valence-corrected chi connectivity index (χ4v) is 4.56. The van der Waals surface area contributed by atoms with E-state index in [0.29, 0.717) is 32.7 Å². The third-order valence-electron chi connectivity index (χ3n) is 4.57. The van der Waals surface area contributed by atoms with Gasteiger partial charge in [0.05, 0.1) is 18.8 Å². The predicted molar refractivity (Wildman–Crippen MR) is 108 cm³/mol. The molecule has 0 atom stereocenters. The van der Waals surface area contributed by atoms with Gasteiger partial charge in [0.2, 0.25) is 21.8 Å². The summed E-state index contributed by atoms with van der Waals surface area (Å²) in [5.74, 6) is -0.225. The van der Waals surface area contributed by atoms with E-state index in [-0.39, 0.29) is 30.7 Å². The maximum absolute atomic E-state index is 12.6. The van der Waals surface area contributed by atoms with Gasteiger partial charge in [0.15, 0.2) is 0 Å². The number of hydrogen-bond donors (Lipinski definition) is 1. The van der Waals surface area contributed by atoms with Gasteiger partial charge in [-0.25, -0.2) is 8.42 Å². The minimum atomic E-state index is -3.40. The summed E-state index contributed by atoms with van der Waals surface area (Å²) in [5, 5.41) is 2.78. The van der Waals surface area contributed by atoms with Gasteiger partial charge >= 0.3 is 0 Å². The van der Waals surface area contributed by atoms with E-state index in [1.165, 1.54) is 4.31 Å². The smallest absolute Gasteiger partial charge is 0.236 e. The zero-order valence-corrected chi connectivity index (χ0v) is 17.5. The van der Waals surface area contributed by atoms with Crippen molar-refractivity contribution in [1.29, 1.82) is 0 Å². The Bertz CT molecular complexity index is 746. The first-order valence-electron chi connectivity index (χ1n) is 9.56. The van der Waals surface area contributed by atoms with Gasteiger partial charge < -0.3 is 10.2 Å². The zero-order valence-electron chi connectivity index (χ0n) is 16.6. The number of carbonyl (C=O) groups is 2. The molecule has 28 heavy (non-hydrogen) atoms. The molecule has 0 saturated carbocycles.